The summed E-state index contributed by atoms with van der Waals surface area (Å²) in [4.78, 5) is 41.7. The summed E-state index contributed by atoms with van der Waals surface area (Å²) in [6.07, 6.45) is 9.10. The molecule has 4 atom stereocenters. The van der Waals surface area contributed by atoms with Crippen LogP contribution in [0.5, 0.6) is 0 Å². The van der Waals surface area contributed by atoms with Gasteiger partial charge < -0.3 is 4.90 Å². The average Bonchev–Trinajstić information content (AvgIpc) is 3.16. The molecule has 4 aliphatic rings. The molecule has 29 heavy (non-hydrogen) atoms. The zero-order valence-electron chi connectivity index (χ0n) is 16.8. The molecule has 5 heteroatoms. The molecule has 5 nitrogen and oxygen atoms in total. The Bertz CT molecular complexity index is 838. The first kappa shape index (κ1) is 18.6. The van der Waals surface area contributed by atoms with E-state index in [-0.39, 0.29) is 54.6 Å². The number of benzene rings is 1. The first-order valence-corrected chi connectivity index (χ1v) is 11.1. The molecule has 2 bridgehead atoms. The predicted molar refractivity (Wildman–Crippen MR) is 109 cm³/mol. The van der Waals surface area contributed by atoms with Crippen LogP contribution in [-0.4, -0.2) is 46.1 Å². The van der Waals surface area contributed by atoms with Crippen LogP contribution in [-0.2, 0) is 14.4 Å². The van der Waals surface area contributed by atoms with Crippen LogP contribution in [0.25, 0.3) is 5.57 Å². The van der Waals surface area contributed by atoms with Crippen LogP contribution < -0.4 is 0 Å². The van der Waals surface area contributed by atoms with Gasteiger partial charge in [0.25, 0.3) is 0 Å². The molecule has 0 N–H and O–H groups in total. The van der Waals surface area contributed by atoms with E-state index in [9.17, 15) is 14.4 Å². The van der Waals surface area contributed by atoms with Gasteiger partial charge in [-0.05, 0) is 43.2 Å². The van der Waals surface area contributed by atoms with E-state index < -0.39 is 0 Å². The summed E-state index contributed by atoms with van der Waals surface area (Å²) >= 11 is 0. The monoisotopic (exact) mass is 392 g/mol. The van der Waals surface area contributed by atoms with Crippen molar-refractivity contribution in [2.24, 2.45) is 11.8 Å². The van der Waals surface area contributed by atoms with Gasteiger partial charge in [0.2, 0.25) is 17.7 Å². The summed E-state index contributed by atoms with van der Waals surface area (Å²) in [6.45, 7) is 0.245. The number of hydrogen-bond donors (Lipinski definition) is 0. The Kier molecular flexibility index (Phi) is 4.76. The standard InChI is InChI=1S/C24H28N2O3/c27-22(12-13-25-23(28)20-8-4-5-9-21(20)24(25)29)26-18-10-11-19(26)15-17(14-18)16-6-2-1-3-7-16/h1-3,6-7,14,18-21H,4-5,8-13,15H2/t18-,19-,20+,21+/m1/s1. The lowest BCUT2D eigenvalue weighted by Gasteiger charge is -2.34. The van der Waals surface area contributed by atoms with Gasteiger partial charge in [-0.15, -0.1) is 0 Å². The number of imide groups is 1. The largest absolute Gasteiger partial charge is 0.333 e. The molecule has 0 spiro atoms. The first-order chi connectivity index (χ1) is 14.1. The van der Waals surface area contributed by atoms with Crippen LogP contribution in [0.2, 0.25) is 0 Å². The Morgan fingerprint density at radius 3 is 2.28 bits per heavy atom. The fourth-order valence-corrected chi connectivity index (χ4v) is 5.87. The molecule has 3 aliphatic heterocycles. The van der Waals surface area contributed by atoms with Crippen LogP contribution in [0, 0.1) is 11.8 Å². The minimum Gasteiger partial charge on any atom is -0.333 e. The van der Waals surface area contributed by atoms with Crippen molar-refractivity contribution in [1.82, 2.24) is 9.80 Å². The second kappa shape index (κ2) is 7.43. The molecule has 3 amide bonds. The third-order valence-corrected chi connectivity index (χ3v) is 7.31. The van der Waals surface area contributed by atoms with E-state index in [1.165, 1.54) is 16.0 Å². The molecule has 5 rings (SSSR count). The van der Waals surface area contributed by atoms with Crippen molar-refractivity contribution >= 4 is 23.3 Å². The van der Waals surface area contributed by atoms with Crippen molar-refractivity contribution < 1.29 is 14.4 Å². The zero-order chi connectivity index (χ0) is 20.0. The van der Waals surface area contributed by atoms with Crippen molar-refractivity contribution in [3.63, 3.8) is 0 Å². The summed E-state index contributed by atoms with van der Waals surface area (Å²) in [5.74, 6) is -0.264. The Hall–Kier alpha value is -2.43. The number of rotatable bonds is 4. The van der Waals surface area contributed by atoms with Crippen molar-refractivity contribution in [1.29, 1.82) is 0 Å². The highest BCUT2D eigenvalue weighted by Crippen LogP contribution is 2.40. The number of hydrogen-bond acceptors (Lipinski definition) is 3. The van der Waals surface area contributed by atoms with E-state index in [0.29, 0.717) is 0 Å². The Labute approximate surface area is 171 Å². The predicted octanol–water partition coefficient (Wildman–Crippen LogP) is 3.40. The third-order valence-electron chi connectivity index (χ3n) is 7.31. The first-order valence-electron chi connectivity index (χ1n) is 11.1. The van der Waals surface area contributed by atoms with Crippen LogP contribution in [0.1, 0.15) is 56.9 Å². The van der Waals surface area contributed by atoms with Crippen LogP contribution in [0.4, 0.5) is 0 Å². The molecule has 0 radical (unpaired) electrons. The van der Waals surface area contributed by atoms with E-state index >= 15 is 0 Å². The molecule has 0 aromatic heterocycles. The molecule has 2 saturated heterocycles. The smallest absolute Gasteiger partial charge is 0.233 e. The van der Waals surface area contributed by atoms with Gasteiger partial charge in [0.1, 0.15) is 0 Å². The van der Waals surface area contributed by atoms with E-state index in [2.05, 4.69) is 30.3 Å². The molecule has 0 unspecified atom stereocenters. The average molecular weight is 392 g/mol. The number of carbonyl (C=O) groups is 3. The summed E-state index contributed by atoms with van der Waals surface area (Å²) < 4.78 is 0. The van der Waals surface area contributed by atoms with Gasteiger partial charge in [0, 0.05) is 19.0 Å². The Morgan fingerprint density at radius 2 is 1.62 bits per heavy atom. The summed E-state index contributed by atoms with van der Waals surface area (Å²) in [6, 6.07) is 10.8. The zero-order valence-corrected chi connectivity index (χ0v) is 16.8. The van der Waals surface area contributed by atoms with Crippen molar-refractivity contribution in [3.05, 3.63) is 42.0 Å². The van der Waals surface area contributed by atoms with Crippen molar-refractivity contribution in [2.45, 2.75) is 63.5 Å². The fraction of sp³-hybridized carbons (Fsp3) is 0.542. The highest BCUT2D eigenvalue weighted by atomic mass is 16.2. The summed E-state index contributed by atoms with van der Waals surface area (Å²) in [5, 5.41) is 0. The second-order valence-electron chi connectivity index (χ2n) is 8.94. The maximum atomic E-state index is 13.0. The molecular formula is C24H28N2O3. The lowest BCUT2D eigenvalue weighted by Crippen LogP contribution is -2.44. The molecule has 152 valence electrons. The van der Waals surface area contributed by atoms with E-state index in [1.807, 2.05) is 11.0 Å². The van der Waals surface area contributed by atoms with Gasteiger partial charge in [-0.25, -0.2) is 0 Å². The van der Waals surface area contributed by atoms with Crippen molar-refractivity contribution in [2.75, 3.05) is 6.54 Å². The van der Waals surface area contributed by atoms with Gasteiger partial charge in [0.15, 0.2) is 0 Å². The lowest BCUT2D eigenvalue weighted by atomic mass is 9.81. The van der Waals surface area contributed by atoms with Gasteiger partial charge in [-0.2, -0.15) is 0 Å². The maximum absolute atomic E-state index is 13.0. The van der Waals surface area contributed by atoms with Crippen LogP contribution in [0.15, 0.2) is 36.4 Å². The van der Waals surface area contributed by atoms with Gasteiger partial charge in [-0.3, -0.25) is 19.3 Å². The van der Waals surface area contributed by atoms with Gasteiger partial charge in [-0.1, -0.05) is 49.2 Å². The molecular weight excluding hydrogens is 364 g/mol. The molecule has 1 saturated carbocycles. The minimum absolute atomic E-state index is 0.0413. The van der Waals surface area contributed by atoms with E-state index in [4.69, 9.17) is 0 Å². The minimum atomic E-state index is -0.131. The quantitative estimate of drug-likeness (QED) is 0.738. The fourth-order valence-electron chi connectivity index (χ4n) is 5.87. The molecule has 3 heterocycles. The van der Waals surface area contributed by atoms with Crippen LogP contribution >= 0.6 is 0 Å². The maximum Gasteiger partial charge on any atom is 0.233 e. The van der Waals surface area contributed by atoms with E-state index in [1.54, 1.807) is 0 Å². The van der Waals surface area contributed by atoms with Gasteiger partial charge in [0.05, 0.1) is 17.9 Å². The number of nitrogens with zero attached hydrogens (tertiary/aromatic N) is 2. The number of carbonyl (C=O) groups excluding carboxylic acids is 3. The second-order valence-corrected chi connectivity index (χ2v) is 8.94. The number of likely N-dealkylation sites (tertiary alicyclic amines) is 1. The SMILES string of the molecule is O=C1[C@H]2CCCC[C@@H]2C(=O)N1CCC(=O)N1[C@@H]2CC[C@@H]1C=C(c1ccccc1)C2. The highest BCUT2D eigenvalue weighted by Gasteiger charge is 2.48. The van der Waals surface area contributed by atoms with Crippen LogP contribution in [0.3, 0.4) is 0 Å². The highest BCUT2D eigenvalue weighted by molar-refractivity contribution is 6.05. The van der Waals surface area contributed by atoms with Crippen molar-refractivity contribution in [3.8, 4) is 0 Å². The Morgan fingerprint density at radius 1 is 0.931 bits per heavy atom. The third kappa shape index (κ3) is 3.21. The lowest BCUT2D eigenvalue weighted by molar-refractivity contribution is -0.141. The summed E-state index contributed by atoms with van der Waals surface area (Å²) in [7, 11) is 0. The molecule has 1 aromatic rings. The Balaban J connectivity index is 1.25. The molecule has 1 aliphatic carbocycles. The topological polar surface area (TPSA) is 57.7 Å². The normalized spacial score (nSPS) is 31.1. The molecule has 3 fully saturated rings. The number of fused-ring (bicyclic) bond motifs is 3. The van der Waals surface area contributed by atoms with Gasteiger partial charge >= 0.3 is 0 Å². The summed E-state index contributed by atoms with van der Waals surface area (Å²) in [5.41, 5.74) is 2.57. The number of amides is 3. The van der Waals surface area contributed by atoms with E-state index in [0.717, 1.165) is 44.9 Å². The molecule has 1 aromatic carbocycles.